The van der Waals surface area contributed by atoms with Crippen molar-refractivity contribution in [2.24, 2.45) is 0 Å². The lowest BCUT2D eigenvalue weighted by atomic mass is 10.3. The molecule has 2 N–H and O–H groups in total. The summed E-state index contributed by atoms with van der Waals surface area (Å²) in [5, 5.41) is 4.91. The number of carbonyl (C=O) groups excluding carboxylic acids is 3. The Morgan fingerprint density at radius 1 is 1.17 bits per heavy atom. The van der Waals surface area contributed by atoms with E-state index in [1.54, 1.807) is 0 Å². The molecular formula is C15H18BrFN2O5. The Balaban J connectivity index is 2.23. The van der Waals surface area contributed by atoms with E-state index in [1.807, 2.05) is 6.92 Å². The van der Waals surface area contributed by atoms with Gasteiger partial charge in [0, 0.05) is 6.54 Å². The third kappa shape index (κ3) is 7.91. The molecule has 0 atom stereocenters. The van der Waals surface area contributed by atoms with E-state index in [9.17, 15) is 18.8 Å². The summed E-state index contributed by atoms with van der Waals surface area (Å²) in [6, 6.07) is 3.73. The molecule has 1 aromatic rings. The van der Waals surface area contributed by atoms with Gasteiger partial charge in [0.2, 0.25) is 5.91 Å². The first-order chi connectivity index (χ1) is 11.4. The predicted octanol–water partition coefficient (Wildman–Crippen LogP) is 1.15. The molecule has 0 aliphatic heterocycles. The lowest BCUT2D eigenvalue weighted by Gasteiger charge is -2.09. The van der Waals surface area contributed by atoms with Gasteiger partial charge < -0.3 is 20.1 Å². The molecule has 0 spiro atoms. The van der Waals surface area contributed by atoms with Crippen LogP contribution in [0.3, 0.4) is 0 Å². The number of hydrogen-bond acceptors (Lipinski definition) is 5. The molecule has 9 heteroatoms. The molecule has 0 fully saturated rings. The quantitative estimate of drug-likeness (QED) is 0.602. The summed E-state index contributed by atoms with van der Waals surface area (Å²) in [4.78, 5) is 34.2. The molecule has 0 aliphatic carbocycles. The maximum atomic E-state index is 12.9. The largest absolute Gasteiger partial charge is 0.481 e. The van der Waals surface area contributed by atoms with E-state index in [0.717, 1.165) is 6.42 Å². The fourth-order valence-electron chi connectivity index (χ4n) is 1.47. The SMILES string of the molecule is CCCNC(=O)CNC(=O)COC(=O)COc1ccc(F)cc1Br. The highest BCUT2D eigenvalue weighted by Gasteiger charge is 2.11. The lowest BCUT2D eigenvalue weighted by molar-refractivity contribution is -0.150. The Morgan fingerprint density at radius 3 is 2.58 bits per heavy atom. The fraction of sp³-hybridized carbons (Fsp3) is 0.400. The van der Waals surface area contributed by atoms with E-state index in [4.69, 9.17) is 9.47 Å². The van der Waals surface area contributed by atoms with E-state index >= 15 is 0 Å². The van der Waals surface area contributed by atoms with Crippen LogP contribution >= 0.6 is 15.9 Å². The Labute approximate surface area is 147 Å². The van der Waals surface area contributed by atoms with Crippen molar-refractivity contribution in [2.75, 3.05) is 26.3 Å². The van der Waals surface area contributed by atoms with Gasteiger partial charge in [-0.15, -0.1) is 0 Å². The molecule has 1 aromatic carbocycles. The number of amides is 2. The monoisotopic (exact) mass is 404 g/mol. The number of esters is 1. The molecule has 0 unspecified atom stereocenters. The van der Waals surface area contributed by atoms with Gasteiger partial charge in [0.25, 0.3) is 5.91 Å². The number of ether oxygens (including phenoxy) is 2. The van der Waals surface area contributed by atoms with Crippen LogP contribution in [0.15, 0.2) is 22.7 Å². The minimum absolute atomic E-state index is 0.185. The van der Waals surface area contributed by atoms with Gasteiger partial charge in [-0.05, 0) is 40.5 Å². The van der Waals surface area contributed by atoms with Gasteiger partial charge in [-0.2, -0.15) is 0 Å². The predicted molar refractivity (Wildman–Crippen MR) is 86.9 cm³/mol. The minimum Gasteiger partial charge on any atom is -0.481 e. The molecule has 2 amide bonds. The molecule has 1 rings (SSSR count). The summed E-state index contributed by atoms with van der Waals surface area (Å²) in [7, 11) is 0. The van der Waals surface area contributed by atoms with E-state index in [0.29, 0.717) is 11.0 Å². The smallest absolute Gasteiger partial charge is 0.344 e. The van der Waals surface area contributed by atoms with Gasteiger partial charge in [0.1, 0.15) is 11.6 Å². The molecule has 0 saturated heterocycles. The highest BCUT2D eigenvalue weighted by Crippen LogP contribution is 2.25. The van der Waals surface area contributed by atoms with Crippen LogP contribution in [-0.2, 0) is 19.1 Å². The summed E-state index contributed by atoms with van der Waals surface area (Å²) >= 11 is 3.09. The first kappa shape index (κ1) is 19.9. The van der Waals surface area contributed by atoms with E-state index < -0.39 is 30.9 Å². The Hall–Kier alpha value is -2.16. The topological polar surface area (TPSA) is 93.7 Å². The molecule has 0 heterocycles. The van der Waals surface area contributed by atoms with Gasteiger partial charge in [-0.25, -0.2) is 9.18 Å². The van der Waals surface area contributed by atoms with Crippen molar-refractivity contribution in [1.29, 1.82) is 0 Å². The Bertz CT molecular complexity index is 597. The van der Waals surface area contributed by atoms with Crippen LogP contribution in [-0.4, -0.2) is 44.1 Å². The Morgan fingerprint density at radius 2 is 1.92 bits per heavy atom. The molecule has 0 aromatic heterocycles. The fourth-order valence-corrected chi connectivity index (χ4v) is 1.94. The van der Waals surface area contributed by atoms with Crippen molar-refractivity contribution < 1.29 is 28.2 Å². The molecular weight excluding hydrogens is 387 g/mol. The highest BCUT2D eigenvalue weighted by molar-refractivity contribution is 9.10. The van der Waals surface area contributed by atoms with Crippen molar-refractivity contribution in [1.82, 2.24) is 10.6 Å². The summed E-state index contributed by atoms with van der Waals surface area (Å²) in [6.45, 7) is 1.29. The van der Waals surface area contributed by atoms with Crippen LogP contribution in [0.5, 0.6) is 5.75 Å². The van der Waals surface area contributed by atoms with Crippen molar-refractivity contribution in [2.45, 2.75) is 13.3 Å². The second-order valence-corrected chi connectivity index (χ2v) is 5.51. The third-order valence-corrected chi connectivity index (χ3v) is 3.24. The first-order valence-corrected chi connectivity index (χ1v) is 7.98. The molecule has 7 nitrogen and oxygen atoms in total. The number of benzene rings is 1. The van der Waals surface area contributed by atoms with Crippen molar-refractivity contribution in [3.63, 3.8) is 0 Å². The first-order valence-electron chi connectivity index (χ1n) is 7.19. The van der Waals surface area contributed by atoms with Gasteiger partial charge in [0.05, 0.1) is 11.0 Å². The van der Waals surface area contributed by atoms with Gasteiger partial charge >= 0.3 is 5.97 Å². The number of rotatable bonds is 9. The normalized spacial score (nSPS) is 9.96. The molecule has 0 saturated carbocycles. The number of hydrogen-bond donors (Lipinski definition) is 2. The average Bonchev–Trinajstić information content (AvgIpc) is 2.55. The van der Waals surface area contributed by atoms with Crippen LogP contribution in [0.25, 0.3) is 0 Å². The maximum Gasteiger partial charge on any atom is 0.344 e. The Kier molecular flexibility index (Phi) is 8.77. The number of nitrogens with one attached hydrogen (secondary N) is 2. The zero-order valence-corrected chi connectivity index (χ0v) is 14.7. The van der Waals surface area contributed by atoms with Crippen LogP contribution in [0.4, 0.5) is 4.39 Å². The summed E-state index contributed by atoms with van der Waals surface area (Å²) in [5.74, 6) is -1.86. The van der Waals surface area contributed by atoms with Crippen molar-refractivity contribution in [3.8, 4) is 5.75 Å². The van der Waals surface area contributed by atoms with Crippen LogP contribution in [0.1, 0.15) is 13.3 Å². The molecule has 24 heavy (non-hydrogen) atoms. The second kappa shape index (κ2) is 10.6. The zero-order chi connectivity index (χ0) is 17.9. The molecule has 0 aliphatic rings. The molecule has 0 bridgehead atoms. The molecule has 0 radical (unpaired) electrons. The third-order valence-electron chi connectivity index (χ3n) is 2.62. The number of carbonyl (C=O) groups is 3. The van der Waals surface area contributed by atoms with Crippen LogP contribution in [0.2, 0.25) is 0 Å². The van der Waals surface area contributed by atoms with Gasteiger partial charge in [-0.3, -0.25) is 9.59 Å². The van der Waals surface area contributed by atoms with Gasteiger partial charge in [0.15, 0.2) is 13.2 Å². The van der Waals surface area contributed by atoms with Crippen LogP contribution in [0, 0.1) is 5.82 Å². The summed E-state index contributed by atoms with van der Waals surface area (Å²) < 4.78 is 23.1. The van der Waals surface area contributed by atoms with E-state index in [2.05, 4.69) is 26.6 Å². The summed E-state index contributed by atoms with van der Waals surface area (Å²) in [5.41, 5.74) is 0. The van der Waals surface area contributed by atoms with Gasteiger partial charge in [-0.1, -0.05) is 6.92 Å². The lowest BCUT2D eigenvalue weighted by Crippen LogP contribution is -2.39. The highest BCUT2D eigenvalue weighted by atomic mass is 79.9. The number of halogens is 2. The van der Waals surface area contributed by atoms with E-state index in [1.165, 1.54) is 18.2 Å². The van der Waals surface area contributed by atoms with E-state index in [-0.39, 0.29) is 18.2 Å². The average molecular weight is 405 g/mol. The standard InChI is InChI=1S/C15H18BrFN2O5/c1-2-5-18-13(20)7-19-14(21)8-24-15(22)9-23-12-4-3-10(17)6-11(12)16/h3-4,6H,2,5,7-9H2,1H3,(H,18,20)(H,19,21). The zero-order valence-electron chi connectivity index (χ0n) is 13.1. The maximum absolute atomic E-state index is 12.9. The second-order valence-electron chi connectivity index (χ2n) is 4.65. The summed E-state index contributed by atoms with van der Waals surface area (Å²) in [6.07, 6.45) is 0.793. The van der Waals surface area contributed by atoms with Crippen LogP contribution < -0.4 is 15.4 Å². The van der Waals surface area contributed by atoms with Crippen molar-refractivity contribution in [3.05, 3.63) is 28.5 Å². The minimum atomic E-state index is -0.767. The molecule has 132 valence electrons. The van der Waals surface area contributed by atoms with Crippen molar-refractivity contribution >= 4 is 33.7 Å².